The lowest BCUT2D eigenvalue weighted by Crippen LogP contribution is -2.14. The molecule has 0 amide bonds. The van der Waals surface area contributed by atoms with Crippen LogP contribution < -0.4 is 0 Å². The molecule has 0 bridgehead atoms. The molecule has 24 heavy (non-hydrogen) atoms. The summed E-state index contributed by atoms with van der Waals surface area (Å²) in [6.07, 6.45) is 2.19. The van der Waals surface area contributed by atoms with Gasteiger partial charge in [-0.3, -0.25) is 0 Å². The molecule has 1 aromatic heterocycles. The lowest BCUT2D eigenvalue weighted by molar-refractivity contribution is 0.661. The van der Waals surface area contributed by atoms with E-state index in [-0.39, 0.29) is 5.41 Å². The Balaban J connectivity index is 1.93. The summed E-state index contributed by atoms with van der Waals surface area (Å²) >= 11 is 0. The fraction of sp³-hybridized carbons (Fsp3) is 0.130. The molecule has 1 aliphatic rings. The van der Waals surface area contributed by atoms with Crippen LogP contribution in [0.2, 0.25) is 0 Å². The third-order valence-corrected chi connectivity index (χ3v) is 5.43. The average molecular weight is 309 g/mol. The molecule has 0 fully saturated rings. The summed E-state index contributed by atoms with van der Waals surface area (Å²) < 4.78 is 2.33. The van der Waals surface area contributed by atoms with Crippen molar-refractivity contribution in [1.29, 1.82) is 0 Å². The Morgan fingerprint density at radius 2 is 1.46 bits per heavy atom. The summed E-state index contributed by atoms with van der Waals surface area (Å²) in [4.78, 5) is 0. The number of aromatic nitrogens is 1. The van der Waals surface area contributed by atoms with Crippen molar-refractivity contribution in [2.75, 3.05) is 0 Å². The molecule has 4 aromatic rings. The van der Waals surface area contributed by atoms with Gasteiger partial charge in [0.2, 0.25) is 0 Å². The normalized spacial score (nSPS) is 14.6. The molecule has 0 radical (unpaired) electrons. The Hall–Kier alpha value is -2.80. The molecule has 1 aliphatic carbocycles. The summed E-state index contributed by atoms with van der Waals surface area (Å²) in [5, 5.41) is 1.30. The molecular weight excluding hydrogens is 290 g/mol. The molecule has 3 aromatic carbocycles. The number of para-hydroxylation sites is 1. The molecular formula is C23H19N. The van der Waals surface area contributed by atoms with Crippen molar-refractivity contribution in [2.24, 2.45) is 0 Å². The van der Waals surface area contributed by atoms with Crippen LogP contribution in [0, 0.1) is 0 Å². The van der Waals surface area contributed by atoms with E-state index in [2.05, 4.69) is 97.4 Å². The van der Waals surface area contributed by atoms with E-state index in [4.69, 9.17) is 0 Å². The highest BCUT2D eigenvalue weighted by Crippen LogP contribution is 2.51. The lowest BCUT2D eigenvalue weighted by Gasteiger charge is -2.21. The van der Waals surface area contributed by atoms with Gasteiger partial charge in [0.15, 0.2) is 0 Å². The summed E-state index contributed by atoms with van der Waals surface area (Å²) in [6.45, 7) is 4.67. The van der Waals surface area contributed by atoms with E-state index in [1.807, 2.05) is 0 Å². The summed E-state index contributed by atoms with van der Waals surface area (Å²) in [5.74, 6) is 0. The van der Waals surface area contributed by atoms with E-state index in [1.54, 1.807) is 0 Å². The third-order valence-electron chi connectivity index (χ3n) is 5.43. The van der Waals surface area contributed by atoms with Gasteiger partial charge in [0.05, 0.1) is 5.52 Å². The maximum absolute atomic E-state index is 2.33. The Labute approximate surface area is 142 Å². The van der Waals surface area contributed by atoms with Crippen molar-refractivity contribution in [3.05, 3.63) is 90.1 Å². The van der Waals surface area contributed by atoms with Gasteiger partial charge in [-0.2, -0.15) is 0 Å². The van der Waals surface area contributed by atoms with Gasteiger partial charge in [0, 0.05) is 28.2 Å². The minimum atomic E-state index is 0.0475. The minimum Gasteiger partial charge on any atom is -0.316 e. The fourth-order valence-corrected chi connectivity index (χ4v) is 4.22. The topological polar surface area (TPSA) is 4.93 Å². The Morgan fingerprint density at radius 3 is 2.29 bits per heavy atom. The molecule has 1 nitrogen and oxygen atoms in total. The van der Waals surface area contributed by atoms with Crippen molar-refractivity contribution >= 4 is 10.9 Å². The number of hydrogen-bond donors (Lipinski definition) is 0. The summed E-state index contributed by atoms with van der Waals surface area (Å²) in [7, 11) is 0. The van der Waals surface area contributed by atoms with E-state index in [1.165, 1.54) is 38.8 Å². The second-order valence-electron chi connectivity index (χ2n) is 7.12. The van der Waals surface area contributed by atoms with Crippen LogP contribution in [0.4, 0.5) is 0 Å². The molecule has 0 saturated heterocycles. The number of benzene rings is 3. The predicted octanol–water partition coefficient (Wildman–Crippen LogP) is 5.94. The van der Waals surface area contributed by atoms with Crippen molar-refractivity contribution in [2.45, 2.75) is 19.3 Å². The molecule has 0 saturated carbocycles. The average Bonchev–Trinajstić information content (AvgIpc) is 3.14. The third kappa shape index (κ3) is 1.64. The van der Waals surface area contributed by atoms with E-state index in [0.717, 1.165) is 0 Å². The Bertz CT molecular complexity index is 1070. The van der Waals surface area contributed by atoms with Gasteiger partial charge in [-0.15, -0.1) is 0 Å². The fourth-order valence-electron chi connectivity index (χ4n) is 4.22. The summed E-state index contributed by atoms with van der Waals surface area (Å²) in [6, 6.07) is 26.3. The number of nitrogens with zero attached hydrogens (tertiary/aromatic N) is 1. The lowest BCUT2D eigenvalue weighted by atomic mass is 9.82. The minimum absolute atomic E-state index is 0.0475. The number of rotatable bonds is 1. The molecule has 0 spiro atoms. The molecule has 1 heterocycles. The highest BCUT2D eigenvalue weighted by atomic mass is 15.0. The standard InChI is InChI=1S/C23H19N/c1-23(2)19-11-7-6-10-18(19)21-20(23)13-12-16-14-15-24(22(16)21)17-8-4-3-5-9-17/h3-15H,1-2H3. The smallest absolute Gasteiger partial charge is 0.0610 e. The van der Waals surface area contributed by atoms with Crippen molar-refractivity contribution in [3.8, 4) is 16.8 Å². The van der Waals surface area contributed by atoms with Crippen LogP contribution in [0.3, 0.4) is 0 Å². The van der Waals surface area contributed by atoms with Gasteiger partial charge in [-0.25, -0.2) is 0 Å². The zero-order valence-electron chi connectivity index (χ0n) is 14.0. The van der Waals surface area contributed by atoms with Gasteiger partial charge < -0.3 is 4.57 Å². The molecule has 5 rings (SSSR count). The zero-order chi connectivity index (χ0) is 16.3. The molecule has 0 aliphatic heterocycles. The predicted molar refractivity (Wildman–Crippen MR) is 101 cm³/mol. The first kappa shape index (κ1) is 13.6. The van der Waals surface area contributed by atoms with E-state index in [0.29, 0.717) is 0 Å². The zero-order valence-corrected chi connectivity index (χ0v) is 14.0. The molecule has 0 atom stereocenters. The largest absolute Gasteiger partial charge is 0.316 e. The highest BCUT2D eigenvalue weighted by Gasteiger charge is 2.36. The first-order chi connectivity index (χ1) is 11.7. The van der Waals surface area contributed by atoms with Crippen LogP contribution in [-0.4, -0.2) is 4.57 Å². The quantitative estimate of drug-likeness (QED) is 0.410. The van der Waals surface area contributed by atoms with Crippen molar-refractivity contribution < 1.29 is 0 Å². The second-order valence-corrected chi connectivity index (χ2v) is 7.12. The van der Waals surface area contributed by atoms with E-state index in [9.17, 15) is 0 Å². The number of hydrogen-bond acceptors (Lipinski definition) is 0. The SMILES string of the molecule is CC1(C)c2ccccc2-c2c1ccc1ccn(-c3ccccc3)c21. The van der Waals surface area contributed by atoms with Gasteiger partial charge >= 0.3 is 0 Å². The van der Waals surface area contributed by atoms with Crippen molar-refractivity contribution in [1.82, 2.24) is 4.57 Å². The van der Waals surface area contributed by atoms with E-state index < -0.39 is 0 Å². The van der Waals surface area contributed by atoms with Crippen LogP contribution in [-0.2, 0) is 5.41 Å². The van der Waals surface area contributed by atoms with Gasteiger partial charge in [0.25, 0.3) is 0 Å². The van der Waals surface area contributed by atoms with Crippen LogP contribution in [0.15, 0.2) is 79.0 Å². The van der Waals surface area contributed by atoms with Gasteiger partial charge in [-0.1, -0.05) is 68.4 Å². The molecule has 0 unspecified atom stereocenters. The Kier molecular flexibility index (Phi) is 2.62. The van der Waals surface area contributed by atoms with Gasteiger partial charge in [0.1, 0.15) is 0 Å². The maximum Gasteiger partial charge on any atom is 0.0610 e. The molecule has 0 N–H and O–H groups in total. The highest BCUT2D eigenvalue weighted by molar-refractivity contribution is 6.01. The van der Waals surface area contributed by atoms with Crippen LogP contribution in [0.1, 0.15) is 25.0 Å². The van der Waals surface area contributed by atoms with Crippen LogP contribution in [0.5, 0.6) is 0 Å². The second kappa shape index (κ2) is 4.61. The monoisotopic (exact) mass is 309 g/mol. The Morgan fingerprint density at radius 1 is 0.708 bits per heavy atom. The summed E-state index contributed by atoms with van der Waals surface area (Å²) in [5.41, 5.74) is 8.19. The van der Waals surface area contributed by atoms with Crippen molar-refractivity contribution in [3.63, 3.8) is 0 Å². The van der Waals surface area contributed by atoms with Crippen LogP contribution in [0.25, 0.3) is 27.7 Å². The van der Waals surface area contributed by atoms with Crippen LogP contribution >= 0.6 is 0 Å². The first-order valence-electron chi connectivity index (χ1n) is 8.48. The number of fused-ring (bicyclic) bond motifs is 5. The molecule has 1 heteroatoms. The first-order valence-corrected chi connectivity index (χ1v) is 8.48. The molecule has 116 valence electrons. The van der Waals surface area contributed by atoms with Gasteiger partial charge in [-0.05, 0) is 34.9 Å². The maximum atomic E-state index is 2.33. The van der Waals surface area contributed by atoms with E-state index >= 15 is 0 Å².